The van der Waals surface area contributed by atoms with Crippen LogP contribution in [0.1, 0.15) is 32.1 Å². The molecule has 1 heterocycles. The van der Waals surface area contributed by atoms with Gasteiger partial charge in [0, 0.05) is 26.1 Å². The standard InChI is InChI=1S/C11H18N2/c12-5-2-6-13-8-10-3-1-4-11(7-10)9-13/h10-11H,1-4,6-9H2/t10-,11-/m0/s1. The van der Waals surface area contributed by atoms with Gasteiger partial charge in [-0.25, -0.2) is 0 Å². The second-order valence-corrected chi connectivity index (χ2v) is 4.57. The van der Waals surface area contributed by atoms with E-state index in [4.69, 9.17) is 5.26 Å². The van der Waals surface area contributed by atoms with Crippen molar-refractivity contribution in [2.45, 2.75) is 32.1 Å². The molecule has 0 aromatic carbocycles. The summed E-state index contributed by atoms with van der Waals surface area (Å²) in [4.78, 5) is 2.50. The summed E-state index contributed by atoms with van der Waals surface area (Å²) < 4.78 is 0. The zero-order valence-corrected chi connectivity index (χ0v) is 8.21. The van der Waals surface area contributed by atoms with Crippen molar-refractivity contribution >= 4 is 0 Å². The normalized spacial score (nSPS) is 34.1. The van der Waals surface area contributed by atoms with Crippen LogP contribution in [0.4, 0.5) is 0 Å². The number of hydrogen-bond acceptors (Lipinski definition) is 2. The highest BCUT2D eigenvalue weighted by Gasteiger charge is 2.29. The third kappa shape index (κ3) is 2.22. The van der Waals surface area contributed by atoms with Crippen molar-refractivity contribution in [3.05, 3.63) is 0 Å². The smallest absolute Gasteiger partial charge is 0.0635 e. The fourth-order valence-corrected chi connectivity index (χ4v) is 2.93. The Hall–Kier alpha value is -0.550. The summed E-state index contributed by atoms with van der Waals surface area (Å²) in [7, 11) is 0. The van der Waals surface area contributed by atoms with E-state index in [9.17, 15) is 0 Å². The topological polar surface area (TPSA) is 27.0 Å². The minimum atomic E-state index is 0.708. The summed E-state index contributed by atoms with van der Waals surface area (Å²) in [5.41, 5.74) is 0. The van der Waals surface area contributed by atoms with E-state index >= 15 is 0 Å². The molecule has 0 radical (unpaired) electrons. The molecule has 1 aliphatic carbocycles. The molecule has 1 saturated carbocycles. The first kappa shape index (κ1) is 9.02. The summed E-state index contributed by atoms with van der Waals surface area (Å²) in [5.74, 6) is 1.90. The maximum atomic E-state index is 8.52. The molecule has 0 aromatic heterocycles. The molecule has 2 rings (SSSR count). The van der Waals surface area contributed by atoms with Crippen LogP contribution < -0.4 is 0 Å². The van der Waals surface area contributed by atoms with Gasteiger partial charge >= 0.3 is 0 Å². The van der Waals surface area contributed by atoms with Gasteiger partial charge < -0.3 is 4.90 Å². The zero-order valence-electron chi connectivity index (χ0n) is 8.21. The lowest BCUT2D eigenvalue weighted by Gasteiger charge is -2.41. The second kappa shape index (κ2) is 4.11. The van der Waals surface area contributed by atoms with Crippen LogP contribution in [0.3, 0.4) is 0 Å². The van der Waals surface area contributed by atoms with Gasteiger partial charge in [0.15, 0.2) is 0 Å². The van der Waals surface area contributed by atoms with Crippen LogP contribution in [-0.2, 0) is 0 Å². The van der Waals surface area contributed by atoms with Crippen LogP contribution in [0.5, 0.6) is 0 Å². The summed E-state index contributed by atoms with van der Waals surface area (Å²) >= 11 is 0. The minimum Gasteiger partial charge on any atom is -0.302 e. The quantitative estimate of drug-likeness (QED) is 0.647. The molecule has 1 aliphatic heterocycles. The first-order valence-corrected chi connectivity index (χ1v) is 5.48. The van der Waals surface area contributed by atoms with E-state index in [1.54, 1.807) is 0 Å². The molecule has 2 fully saturated rings. The molecule has 72 valence electrons. The van der Waals surface area contributed by atoms with Crippen molar-refractivity contribution in [3.8, 4) is 6.07 Å². The lowest BCUT2D eigenvalue weighted by Crippen LogP contribution is -2.42. The Morgan fingerprint density at radius 1 is 1.23 bits per heavy atom. The molecule has 13 heavy (non-hydrogen) atoms. The van der Waals surface area contributed by atoms with E-state index in [-0.39, 0.29) is 0 Å². The van der Waals surface area contributed by atoms with Crippen molar-refractivity contribution in [3.63, 3.8) is 0 Å². The van der Waals surface area contributed by atoms with Crippen LogP contribution in [0, 0.1) is 23.2 Å². The Labute approximate surface area is 80.5 Å². The van der Waals surface area contributed by atoms with Gasteiger partial charge in [-0.2, -0.15) is 5.26 Å². The SMILES string of the molecule is N#CCCN1C[C@H]2CCC[C@@H](C2)C1. The van der Waals surface area contributed by atoms with Crippen LogP contribution in [0.2, 0.25) is 0 Å². The molecule has 0 amide bonds. The Balaban J connectivity index is 1.84. The zero-order chi connectivity index (χ0) is 9.10. The van der Waals surface area contributed by atoms with E-state index in [0.717, 1.165) is 18.4 Å². The molecule has 2 nitrogen and oxygen atoms in total. The van der Waals surface area contributed by atoms with E-state index in [0.29, 0.717) is 6.42 Å². The monoisotopic (exact) mass is 178 g/mol. The first-order chi connectivity index (χ1) is 6.38. The van der Waals surface area contributed by atoms with E-state index in [1.165, 1.54) is 38.8 Å². The number of nitrogens with zero attached hydrogens (tertiary/aromatic N) is 2. The molecule has 2 heteroatoms. The van der Waals surface area contributed by atoms with Crippen molar-refractivity contribution < 1.29 is 0 Å². The Morgan fingerprint density at radius 2 is 1.92 bits per heavy atom. The Kier molecular flexibility index (Phi) is 2.85. The summed E-state index contributed by atoms with van der Waals surface area (Å²) in [5, 5.41) is 8.52. The van der Waals surface area contributed by atoms with Gasteiger partial charge in [-0.15, -0.1) is 0 Å². The molecule has 0 spiro atoms. The fraction of sp³-hybridized carbons (Fsp3) is 0.909. The molecule has 2 bridgehead atoms. The average Bonchev–Trinajstić information content (AvgIpc) is 2.14. The van der Waals surface area contributed by atoms with E-state index in [1.807, 2.05) is 0 Å². The molecule has 2 aliphatic rings. The van der Waals surface area contributed by atoms with E-state index < -0.39 is 0 Å². The van der Waals surface area contributed by atoms with Crippen LogP contribution in [0.25, 0.3) is 0 Å². The average molecular weight is 178 g/mol. The Bertz CT molecular complexity index is 195. The third-order valence-corrected chi connectivity index (χ3v) is 3.46. The predicted molar refractivity (Wildman–Crippen MR) is 52.1 cm³/mol. The Morgan fingerprint density at radius 3 is 2.54 bits per heavy atom. The number of hydrogen-bond donors (Lipinski definition) is 0. The van der Waals surface area contributed by atoms with Gasteiger partial charge in [-0.1, -0.05) is 6.42 Å². The lowest BCUT2D eigenvalue weighted by atomic mass is 9.78. The first-order valence-electron chi connectivity index (χ1n) is 5.48. The molecule has 2 atom stereocenters. The molecular weight excluding hydrogens is 160 g/mol. The highest BCUT2D eigenvalue weighted by Crippen LogP contribution is 2.34. The van der Waals surface area contributed by atoms with Crippen LogP contribution >= 0.6 is 0 Å². The summed E-state index contributed by atoms with van der Waals surface area (Å²) in [6.07, 6.45) is 6.48. The van der Waals surface area contributed by atoms with Crippen molar-refractivity contribution in [2.75, 3.05) is 19.6 Å². The number of nitriles is 1. The molecule has 1 saturated heterocycles. The van der Waals surface area contributed by atoms with E-state index in [2.05, 4.69) is 11.0 Å². The fourth-order valence-electron chi connectivity index (χ4n) is 2.93. The number of piperidine rings is 1. The highest BCUT2D eigenvalue weighted by molar-refractivity contribution is 4.84. The predicted octanol–water partition coefficient (Wildman–Crippen LogP) is 2.02. The molecular formula is C11H18N2. The third-order valence-electron chi connectivity index (χ3n) is 3.46. The van der Waals surface area contributed by atoms with Gasteiger partial charge in [0.25, 0.3) is 0 Å². The van der Waals surface area contributed by atoms with Gasteiger partial charge in [0.05, 0.1) is 6.07 Å². The van der Waals surface area contributed by atoms with Gasteiger partial charge in [-0.05, 0) is 31.1 Å². The van der Waals surface area contributed by atoms with Gasteiger partial charge in [0.1, 0.15) is 0 Å². The number of fused-ring (bicyclic) bond motifs is 2. The summed E-state index contributed by atoms with van der Waals surface area (Å²) in [6.45, 7) is 3.53. The molecule has 0 unspecified atom stereocenters. The van der Waals surface area contributed by atoms with Crippen molar-refractivity contribution in [1.82, 2.24) is 4.90 Å². The van der Waals surface area contributed by atoms with Gasteiger partial charge in [0.2, 0.25) is 0 Å². The highest BCUT2D eigenvalue weighted by atomic mass is 15.1. The summed E-state index contributed by atoms with van der Waals surface area (Å²) in [6, 6.07) is 2.24. The van der Waals surface area contributed by atoms with Crippen molar-refractivity contribution in [1.29, 1.82) is 5.26 Å². The van der Waals surface area contributed by atoms with Crippen LogP contribution in [0.15, 0.2) is 0 Å². The number of rotatable bonds is 2. The largest absolute Gasteiger partial charge is 0.302 e. The van der Waals surface area contributed by atoms with Crippen molar-refractivity contribution in [2.24, 2.45) is 11.8 Å². The van der Waals surface area contributed by atoms with Crippen LogP contribution in [-0.4, -0.2) is 24.5 Å². The minimum absolute atomic E-state index is 0.708. The van der Waals surface area contributed by atoms with Gasteiger partial charge in [-0.3, -0.25) is 0 Å². The molecule has 0 aromatic rings. The second-order valence-electron chi connectivity index (χ2n) is 4.57. The lowest BCUT2D eigenvalue weighted by molar-refractivity contribution is 0.0880. The number of likely N-dealkylation sites (tertiary alicyclic amines) is 1. The molecule has 0 N–H and O–H groups in total. The maximum Gasteiger partial charge on any atom is 0.0635 e. The maximum absolute atomic E-state index is 8.52.